The third kappa shape index (κ3) is 4.07. The lowest BCUT2D eigenvalue weighted by Crippen LogP contribution is -2.54. The number of carbonyl (C=O) groups excluding carboxylic acids is 2. The molecule has 1 aliphatic carbocycles. The van der Waals surface area contributed by atoms with Crippen molar-refractivity contribution < 1.29 is 9.59 Å². The Bertz CT molecular complexity index is 571. The molecule has 0 bridgehead atoms. The Hall–Kier alpha value is -2.05. The first-order valence-electron chi connectivity index (χ1n) is 8.92. The molecule has 7 nitrogen and oxygen atoms in total. The molecule has 0 aromatic carbocycles. The fraction of sp³-hybridized carbons (Fsp3) is 0.706. The van der Waals surface area contributed by atoms with Gasteiger partial charge in [-0.3, -0.25) is 9.48 Å². The number of piperazine rings is 1. The maximum atomic E-state index is 12.5. The lowest BCUT2D eigenvalue weighted by molar-refractivity contribution is -0.138. The van der Waals surface area contributed by atoms with E-state index in [1.54, 1.807) is 15.8 Å². The van der Waals surface area contributed by atoms with Crippen LogP contribution in [-0.2, 0) is 18.4 Å². The summed E-state index contributed by atoms with van der Waals surface area (Å²) in [5.41, 5.74) is 0.983. The van der Waals surface area contributed by atoms with Crippen molar-refractivity contribution in [3.63, 3.8) is 0 Å². The van der Waals surface area contributed by atoms with E-state index < -0.39 is 0 Å². The van der Waals surface area contributed by atoms with E-state index in [1.807, 2.05) is 18.1 Å². The Morgan fingerprint density at radius 1 is 1.12 bits per heavy atom. The predicted molar refractivity (Wildman–Crippen MR) is 90.2 cm³/mol. The van der Waals surface area contributed by atoms with Gasteiger partial charge in [-0.05, 0) is 12.8 Å². The van der Waals surface area contributed by atoms with Crippen LogP contribution in [0.1, 0.15) is 37.7 Å². The van der Waals surface area contributed by atoms with E-state index in [1.165, 1.54) is 19.3 Å². The molecule has 7 heteroatoms. The van der Waals surface area contributed by atoms with Gasteiger partial charge in [0.25, 0.3) is 0 Å². The zero-order chi connectivity index (χ0) is 16.9. The van der Waals surface area contributed by atoms with Crippen LogP contribution < -0.4 is 5.32 Å². The highest BCUT2D eigenvalue weighted by atomic mass is 16.2. The van der Waals surface area contributed by atoms with Crippen LogP contribution in [0.3, 0.4) is 0 Å². The van der Waals surface area contributed by atoms with Gasteiger partial charge in [0, 0.05) is 57.4 Å². The van der Waals surface area contributed by atoms with Gasteiger partial charge in [0.2, 0.25) is 5.91 Å². The van der Waals surface area contributed by atoms with Crippen LogP contribution in [0.25, 0.3) is 0 Å². The highest BCUT2D eigenvalue weighted by molar-refractivity contribution is 5.79. The summed E-state index contributed by atoms with van der Waals surface area (Å²) in [6.45, 7) is 2.99. The normalized spacial score (nSPS) is 19.4. The summed E-state index contributed by atoms with van der Waals surface area (Å²) in [4.78, 5) is 28.5. The van der Waals surface area contributed by atoms with Crippen LogP contribution in [0, 0.1) is 5.92 Å². The molecule has 0 unspecified atom stereocenters. The Labute approximate surface area is 143 Å². The fourth-order valence-corrected chi connectivity index (χ4v) is 3.59. The van der Waals surface area contributed by atoms with E-state index in [2.05, 4.69) is 10.4 Å². The third-order valence-corrected chi connectivity index (χ3v) is 5.04. The zero-order valence-electron chi connectivity index (χ0n) is 14.4. The van der Waals surface area contributed by atoms with Crippen molar-refractivity contribution in [3.8, 4) is 0 Å². The topological polar surface area (TPSA) is 70.5 Å². The van der Waals surface area contributed by atoms with Crippen molar-refractivity contribution in [1.82, 2.24) is 24.9 Å². The standard InChI is InChI=1S/C17H27N5O2/c1-20-13-14(12-19-20)11-18-17(24)22-9-7-21(8-10-22)16(23)15-5-3-2-4-6-15/h12-13,15H,2-11H2,1H3,(H,18,24). The molecule has 3 amide bonds. The Morgan fingerprint density at radius 3 is 2.42 bits per heavy atom. The van der Waals surface area contributed by atoms with Crippen molar-refractivity contribution in [2.45, 2.75) is 38.6 Å². The molecular formula is C17H27N5O2. The first-order valence-corrected chi connectivity index (χ1v) is 8.92. The molecular weight excluding hydrogens is 306 g/mol. The molecule has 1 aromatic rings. The molecule has 2 aliphatic rings. The van der Waals surface area contributed by atoms with Crippen LogP contribution in [0.15, 0.2) is 12.4 Å². The number of urea groups is 1. The van der Waals surface area contributed by atoms with Crippen LogP contribution in [0.4, 0.5) is 4.79 Å². The smallest absolute Gasteiger partial charge is 0.317 e. The van der Waals surface area contributed by atoms with Crippen LogP contribution in [0.2, 0.25) is 0 Å². The van der Waals surface area contributed by atoms with Gasteiger partial charge in [0.05, 0.1) is 6.20 Å². The Kier molecular flexibility index (Phi) is 5.37. The number of aromatic nitrogens is 2. The molecule has 3 rings (SSSR count). The average molecular weight is 333 g/mol. The molecule has 0 spiro atoms. The second-order valence-electron chi connectivity index (χ2n) is 6.83. The van der Waals surface area contributed by atoms with Crippen molar-refractivity contribution >= 4 is 11.9 Å². The summed E-state index contributed by atoms with van der Waals surface area (Å²) >= 11 is 0. The Balaban J connectivity index is 1.42. The number of hydrogen-bond donors (Lipinski definition) is 1. The van der Waals surface area contributed by atoms with Gasteiger partial charge in [0.15, 0.2) is 0 Å². The summed E-state index contributed by atoms with van der Waals surface area (Å²) in [5, 5.41) is 7.01. The van der Waals surface area contributed by atoms with E-state index in [0.717, 1.165) is 18.4 Å². The number of amides is 3. The summed E-state index contributed by atoms with van der Waals surface area (Å²) in [6, 6.07) is -0.0661. The minimum atomic E-state index is -0.0661. The summed E-state index contributed by atoms with van der Waals surface area (Å²) in [6.07, 6.45) is 9.31. The minimum absolute atomic E-state index is 0.0661. The van der Waals surface area contributed by atoms with E-state index in [-0.39, 0.29) is 11.9 Å². The maximum absolute atomic E-state index is 12.5. The summed E-state index contributed by atoms with van der Waals surface area (Å²) in [5.74, 6) is 0.509. The molecule has 24 heavy (non-hydrogen) atoms. The molecule has 1 aromatic heterocycles. The fourth-order valence-electron chi connectivity index (χ4n) is 3.59. The summed E-state index contributed by atoms with van der Waals surface area (Å²) < 4.78 is 1.72. The highest BCUT2D eigenvalue weighted by Crippen LogP contribution is 2.25. The van der Waals surface area contributed by atoms with Gasteiger partial charge in [0.1, 0.15) is 0 Å². The molecule has 0 atom stereocenters. The molecule has 1 aliphatic heterocycles. The monoisotopic (exact) mass is 333 g/mol. The third-order valence-electron chi connectivity index (χ3n) is 5.04. The largest absolute Gasteiger partial charge is 0.339 e. The van der Waals surface area contributed by atoms with E-state index >= 15 is 0 Å². The van der Waals surface area contributed by atoms with Gasteiger partial charge < -0.3 is 15.1 Å². The van der Waals surface area contributed by atoms with Gasteiger partial charge >= 0.3 is 6.03 Å². The lowest BCUT2D eigenvalue weighted by Gasteiger charge is -2.37. The van der Waals surface area contributed by atoms with Gasteiger partial charge in [-0.1, -0.05) is 19.3 Å². The zero-order valence-corrected chi connectivity index (χ0v) is 14.4. The van der Waals surface area contributed by atoms with E-state index in [0.29, 0.717) is 38.6 Å². The molecule has 1 N–H and O–H groups in total. The van der Waals surface area contributed by atoms with E-state index in [4.69, 9.17) is 0 Å². The van der Waals surface area contributed by atoms with Gasteiger partial charge in [-0.15, -0.1) is 0 Å². The number of carbonyl (C=O) groups is 2. The number of nitrogens with one attached hydrogen (secondary N) is 1. The second kappa shape index (κ2) is 7.68. The molecule has 2 heterocycles. The predicted octanol–water partition coefficient (Wildman–Crippen LogP) is 1.35. The molecule has 1 saturated carbocycles. The quantitative estimate of drug-likeness (QED) is 0.908. The second-order valence-corrected chi connectivity index (χ2v) is 6.83. The molecule has 132 valence electrons. The highest BCUT2D eigenvalue weighted by Gasteiger charge is 2.29. The number of rotatable bonds is 3. The average Bonchev–Trinajstić information content (AvgIpc) is 3.05. The number of hydrogen-bond acceptors (Lipinski definition) is 3. The van der Waals surface area contributed by atoms with Crippen LogP contribution in [0.5, 0.6) is 0 Å². The van der Waals surface area contributed by atoms with Crippen molar-refractivity contribution in [1.29, 1.82) is 0 Å². The van der Waals surface area contributed by atoms with Crippen molar-refractivity contribution in [3.05, 3.63) is 18.0 Å². The van der Waals surface area contributed by atoms with Crippen molar-refractivity contribution in [2.75, 3.05) is 26.2 Å². The first-order chi connectivity index (χ1) is 11.6. The van der Waals surface area contributed by atoms with Crippen LogP contribution in [-0.4, -0.2) is 57.7 Å². The molecule has 1 saturated heterocycles. The van der Waals surface area contributed by atoms with Crippen LogP contribution >= 0.6 is 0 Å². The van der Waals surface area contributed by atoms with Gasteiger partial charge in [-0.25, -0.2) is 4.79 Å². The van der Waals surface area contributed by atoms with Crippen molar-refractivity contribution in [2.24, 2.45) is 13.0 Å². The number of aryl methyl sites for hydroxylation is 1. The first kappa shape index (κ1) is 16.8. The molecule has 0 radical (unpaired) electrons. The molecule has 2 fully saturated rings. The lowest BCUT2D eigenvalue weighted by atomic mass is 9.88. The maximum Gasteiger partial charge on any atom is 0.317 e. The SMILES string of the molecule is Cn1cc(CNC(=O)N2CCN(C(=O)C3CCCCC3)CC2)cn1. The Morgan fingerprint density at radius 2 is 1.79 bits per heavy atom. The number of nitrogens with zero attached hydrogens (tertiary/aromatic N) is 4. The van der Waals surface area contributed by atoms with E-state index in [9.17, 15) is 9.59 Å². The van der Waals surface area contributed by atoms with Gasteiger partial charge in [-0.2, -0.15) is 5.10 Å². The summed E-state index contributed by atoms with van der Waals surface area (Å²) in [7, 11) is 1.86. The minimum Gasteiger partial charge on any atom is -0.339 e.